The van der Waals surface area contributed by atoms with Crippen molar-refractivity contribution in [1.29, 1.82) is 0 Å². The van der Waals surface area contributed by atoms with Crippen LogP contribution in [0.5, 0.6) is 0 Å². The van der Waals surface area contributed by atoms with Crippen LogP contribution in [0.2, 0.25) is 5.02 Å². The number of piperidine rings is 1. The van der Waals surface area contributed by atoms with Crippen molar-refractivity contribution in [3.63, 3.8) is 0 Å². The smallest absolute Gasteiger partial charge is 0.243 e. The highest BCUT2D eigenvalue weighted by Crippen LogP contribution is 2.27. The molecule has 0 atom stereocenters. The van der Waals surface area contributed by atoms with Crippen LogP contribution in [0.4, 0.5) is 0 Å². The van der Waals surface area contributed by atoms with Crippen LogP contribution < -0.4 is 10.6 Å². The highest BCUT2D eigenvalue weighted by Gasteiger charge is 2.29. The number of hydrogen-bond acceptors (Lipinski definition) is 4. The summed E-state index contributed by atoms with van der Waals surface area (Å²) in [5, 5.41) is 9.75. The fraction of sp³-hybridized carbons (Fsp3) is 0.630. The molecule has 5 nitrogen and oxygen atoms in total. The largest absolute Gasteiger partial charge is 0.316 e. The molecule has 2 aromatic rings. The molecule has 2 N–H and O–H groups in total. The molecule has 8 heteroatoms. The van der Waals surface area contributed by atoms with Crippen molar-refractivity contribution in [3.8, 4) is 0 Å². The van der Waals surface area contributed by atoms with Crippen molar-refractivity contribution in [1.82, 2.24) is 14.9 Å². The Balaban J connectivity index is 0.00000342. The number of fused-ring (bicyclic) bond motifs is 1. The average molecular weight is 543 g/mol. The Bertz CT molecular complexity index is 1020. The van der Waals surface area contributed by atoms with E-state index >= 15 is 0 Å². The van der Waals surface area contributed by atoms with Gasteiger partial charge in [-0.25, -0.2) is 8.42 Å². The molecule has 2 aromatic carbocycles. The highest BCUT2D eigenvalue weighted by molar-refractivity contribution is 7.89. The minimum atomic E-state index is -3.46. The van der Waals surface area contributed by atoms with Gasteiger partial charge in [0, 0.05) is 18.1 Å². The van der Waals surface area contributed by atoms with Gasteiger partial charge >= 0.3 is 0 Å². The summed E-state index contributed by atoms with van der Waals surface area (Å²) in [6.45, 7) is 5.54. The van der Waals surface area contributed by atoms with Crippen molar-refractivity contribution in [3.05, 3.63) is 41.4 Å². The van der Waals surface area contributed by atoms with E-state index in [0.29, 0.717) is 28.9 Å². The molecule has 35 heavy (non-hydrogen) atoms. The standard InChI is InChI=1S/C27H40ClN3O2S.ClH/c28-26-10-8-25-19-27(11-9-24(25)18-26)34(32,33)31-16-12-23(13-17-31)21-30-15-5-4-14-29-20-22-6-2-1-3-7-22;/h8-11,18-19,22-23,29-30H,1-7,12-17,20-21H2;1H. The third-order valence-corrected chi connectivity index (χ3v) is 9.66. The van der Waals surface area contributed by atoms with Crippen LogP contribution in [-0.4, -0.2) is 52.0 Å². The van der Waals surface area contributed by atoms with E-state index in [-0.39, 0.29) is 12.4 Å². The third kappa shape index (κ3) is 8.31. The first-order valence-electron chi connectivity index (χ1n) is 13.1. The number of sulfonamides is 1. The maximum absolute atomic E-state index is 13.2. The first-order chi connectivity index (χ1) is 16.5. The Labute approximate surface area is 222 Å². The van der Waals surface area contributed by atoms with E-state index in [0.717, 1.165) is 49.2 Å². The Kier molecular flexibility index (Phi) is 11.6. The van der Waals surface area contributed by atoms with Gasteiger partial charge in [-0.2, -0.15) is 4.31 Å². The number of unbranched alkanes of at least 4 members (excludes halogenated alkanes) is 1. The zero-order valence-electron chi connectivity index (χ0n) is 20.7. The molecule has 4 rings (SSSR count). The van der Waals surface area contributed by atoms with E-state index in [9.17, 15) is 8.42 Å². The summed E-state index contributed by atoms with van der Waals surface area (Å²) in [5.74, 6) is 1.46. The van der Waals surface area contributed by atoms with Gasteiger partial charge in [0.05, 0.1) is 4.90 Å². The maximum atomic E-state index is 13.2. The Hall–Kier alpha value is -0.890. The van der Waals surface area contributed by atoms with Gasteiger partial charge in [-0.05, 0) is 112 Å². The summed E-state index contributed by atoms with van der Waals surface area (Å²) >= 11 is 6.05. The number of halogens is 2. The van der Waals surface area contributed by atoms with Crippen LogP contribution in [0, 0.1) is 11.8 Å². The predicted molar refractivity (Wildman–Crippen MR) is 149 cm³/mol. The van der Waals surface area contributed by atoms with Crippen molar-refractivity contribution >= 4 is 44.8 Å². The molecule has 1 saturated heterocycles. The van der Waals surface area contributed by atoms with Crippen molar-refractivity contribution in [2.24, 2.45) is 11.8 Å². The number of rotatable bonds is 11. The molecule has 2 aliphatic rings. The second kappa shape index (κ2) is 14.2. The highest BCUT2D eigenvalue weighted by atomic mass is 35.5. The third-order valence-electron chi connectivity index (χ3n) is 7.53. The lowest BCUT2D eigenvalue weighted by molar-refractivity contribution is 0.267. The number of nitrogens with one attached hydrogen (secondary N) is 2. The summed E-state index contributed by atoms with van der Waals surface area (Å²) < 4.78 is 28.0. The predicted octanol–water partition coefficient (Wildman–Crippen LogP) is 5.86. The normalized spacial score (nSPS) is 18.5. The second-order valence-electron chi connectivity index (χ2n) is 10.1. The Morgan fingerprint density at radius 2 is 1.37 bits per heavy atom. The molecule has 1 aliphatic carbocycles. The SMILES string of the molecule is Cl.O=S(=O)(c1ccc2cc(Cl)ccc2c1)N1CCC(CNCCCCNCC2CCCCC2)CC1. The maximum Gasteiger partial charge on any atom is 0.243 e. The lowest BCUT2D eigenvalue weighted by atomic mass is 9.89. The summed E-state index contributed by atoms with van der Waals surface area (Å²) in [7, 11) is -3.46. The van der Waals surface area contributed by atoms with E-state index in [1.54, 1.807) is 22.5 Å². The lowest BCUT2D eigenvalue weighted by Crippen LogP contribution is -2.40. The number of benzene rings is 2. The van der Waals surface area contributed by atoms with Gasteiger partial charge in [0.25, 0.3) is 0 Å². The van der Waals surface area contributed by atoms with Crippen molar-refractivity contribution in [2.75, 3.05) is 39.3 Å². The van der Waals surface area contributed by atoms with E-state index < -0.39 is 10.0 Å². The molecule has 196 valence electrons. The lowest BCUT2D eigenvalue weighted by Gasteiger charge is -2.31. The number of nitrogens with zero attached hydrogens (tertiary/aromatic N) is 1. The van der Waals surface area contributed by atoms with Crippen molar-refractivity contribution in [2.45, 2.75) is 62.7 Å². The van der Waals surface area contributed by atoms with Gasteiger partial charge in [-0.1, -0.05) is 43.0 Å². The second-order valence-corrected chi connectivity index (χ2v) is 12.5. The summed E-state index contributed by atoms with van der Waals surface area (Å²) in [6, 6.07) is 10.8. The van der Waals surface area contributed by atoms with E-state index in [1.807, 2.05) is 18.2 Å². The quantitative estimate of drug-likeness (QED) is 0.350. The van der Waals surface area contributed by atoms with Crippen LogP contribution in [0.25, 0.3) is 10.8 Å². The monoisotopic (exact) mass is 541 g/mol. The van der Waals surface area contributed by atoms with Crippen LogP contribution >= 0.6 is 24.0 Å². The molecule has 1 aliphatic heterocycles. The summed E-state index contributed by atoms with van der Waals surface area (Å²) in [4.78, 5) is 0.371. The molecule has 0 radical (unpaired) electrons. The van der Waals surface area contributed by atoms with Crippen LogP contribution in [0.1, 0.15) is 57.8 Å². The fourth-order valence-corrected chi connectivity index (χ4v) is 7.05. The van der Waals surface area contributed by atoms with Gasteiger partial charge in [0.15, 0.2) is 0 Å². The van der Waals surface area contributed by atoms with Crippen LogP contribution in [0.15, 0.2) is 41.3 Å². The van der Waals surface area contributed by atoms with Crippen LogP contribution in [-0.2, 0) is 10.0 Å². The van der Waals surface area contributed by atoms with Gasteiger partial charge in [-0.3, -0.25) is 0 Å². The average Bonchev–Trinajstić information content (AvgIpc) is 2.86. The molecule has 0 unspecified atom stereocenters. The molecule has 2 fully saturated rings. The molecule has 0 amide bonds. The zero-order chi connectivity index (χ0) is 23.8. The Morgan fingerprint density at radius 1 is 0.800 bits per heavy atom. The summed E-state index contributed by atoms with van der Waals surface area (Å²) in [6.07, 6.45) is 11.3. The minimum absolute atomic E-state index is 0. The van der Waals surface area contributed by atoms with E-state index in [1.165, 1.54) is 51.5 Å². The van der Waals surface area contributed by atoms with Gasteiger partial charge < -0.3 is 10.6 Å². The van der Waals surface area contributed by atoms with Crippen molar-refractivity contribution < 1.29 is 8.42 Å². The zero-order valence-corrected chi connectivity index (χ0v) is 23.1. The van der Waals surface area contributed by atoms with Gasteiger partial charge in [0.2, 0.25) is 10.0 Å². The molecule has 1 saturated carbocycles. The van der Waals surface area contributed by atoms with Crippen LogP contribution in [0.3, 0.4) is 0 Å². The molecular weight excluding hydrogens is 501 g/mol. The first kappa shape index (κ1) is 28.7. The molecule has 0 aromatic heterocycles. The van der Waals surface area contributed by atoms with E-state index in [4.69, 9.17) is 11.6 Å². The molecular formula is C27H41Cl2N3O2S. The van der Waals surface area contributed by atoms with Gasteiger partial charge in [-0.15, -0.1) is 12.4 Å². The topological polar surface area (TPSA) is 61.4 Å². The number of hydrogen-bond donors (Lipinski definition) is 2. The van der Waals surface area contributed by atoms with E-state index in [2.05, 4.69) is 10.6 Å². The van der Waals surface area contributed by atoms with Gasteiger partial charge in [0.1, 0.15) is 0 Å². The summed E-state index contributed by atoms with van der Waals surface area (Å²) in [5.41, 5.74) is 0. The fourth-order valence-electron chi connectivity index (χ4n) is 5.36. The molecule has 0 spiro atoms. The Morgan fingerprint density at radius 3 is 2.03 bits per heavy atom. The molecule has 0 bridgehead atoms. The first-order valence-corrected chi connectivity index (χ1v) is 14.9. The molecule has 1 heterocycles. The minimum Gasteiger partial charge on any atom is -0.316 e.